The topological polar surface area (TPSA) is 282 Å². The zero-order chi connectivity index (χ0) is 74.1. The number of carbonyl (C=O) groups is 5. The smallest absolute Gasteiger partial charge is 0.420 e. The van der Waals surface area contributed by atoms with Gasteiger partial charge >= 0.3 is 12.2 Å². The first-order valence-electron chi connectivity index (χ1n) is 33.3. The van der Waals surface area contributed by atoms with Crippen molar-refractivity contribution in [3.05, 3.63) is 223 Å². The number of ether oxygens (including phenoxy) is 2. The quantitative estimate of drug-likeness (QED) is 0.0388. The highest BCUT2D eigenvalue weighted by Crippen LogP contribution is 2.35. The highest BCUT2D eigenvalue weighted by molar-refractivity contribution is 6.23. The Hall–Kier alpha value is -11.6. The molecule has 27 heteroatoms. The molecule has 1 aliphatic heterocycles. The van der Waals surface area contributed by atoms with Gasteiger partial charge in [0.15, 0.2) is 11.6 Å². The largest absolute Gasteiger partial charge is 0.443 e. The number of H-pyrrole nitrogens is 2. The lowest BCUT2D eigenvalue weighted by Crippen LogP contribution is -2.40. The van der Waals surface area contributed by atoms with E-state index in [1.165, 1.54) is 9.80 Å². The molecule has 0 bridgehead atoms. The summed E-state index contributed by atoms with van der Waals surface area (Å²) >= 11 is 16.9. The molecule has 6 heterocycles. The molecule has 104 heavy (non-hydrogen) atoms. The highest BCUT2D eigenvalue weighted by Gasteiger charge is 2.31. The van der Waals surface area contributed by atoms with Crippen molar-refractivity contribution in [2.75, 3.05) is 55.3 Å². The van der Waals surface area contributed by atoms with Crippen LogP contribution in [0.5, 0.6) is 0 Å². The number of anilines is 8. The highest BCUT2D eigenvalue weighted by atomic mass is 35.5. The Morgan fingerprint density at radius 2 is 0.894 bits per heavy atom. The molecule has 0 atom stereocenters. The molecule has 0 fully saturated rings. The van der Waals surface area contributed by atoms with Crippen LogP contribution in [0, 0.1) is 20.8 Å². The van der Waals surface area contributed by atoms with E-state index in [0.717, 1.165) is 78.8 Å². The molecule has 5 amide bonds. The van der Waals surface area contributed by atoms with Crippen LogP contribution in [-0.4, -0.2) is 121 Å². The molecule has 0 radical (unpaired) electrons. The van der Waals surface area contributed by atoms with Crippen molar-refractivity contribution in [1.29, 1.82) is 0 Å². The van der Waals surface area contributed by atoms with Crippen LogP contribution in [0.4, 0.5) is 55.3 Å². The van der Waals surface area contributed by atoms with Gasteiger partial charge in [0, 0.05) is 109 Å². The van der Waals surface area contributed by atoms with E-state index in [2.05, 4.69) is 62.0 Å². The molecule has 12 rings (SSSR count). The number of amidine groups is 1. The maximum atomic E-state index is 13.4. The standard InChI is InChI=1S/C28H30ClN5O3.C27H29ClN6O3.C22H21ClN6O/c1-19-16-22(32-26(35)12-13-29)8-11-24(19)34(27(36)37-28(2,3)4)25-17-21(18-30-25)20-6-9-23(10-7-20)33-15-5-14-31-33;1-18-16-20(30-25(35)12-13-28)8-11-23(18)34(26(36)37-27(2,3)4)24-17-22(31-32-24)19-6-9-21(10-7-19)33-15-5-14-29-33;1-15-13-17(25-22(30)9-10-23)5-8-19(15)26-21-14-20(27-28-21)16-3-6-18(7-4-16)29-12-2-11-24-29/h5-11,14-17H,12-13,18H2,1-4H3,(H,32,35);5-11,14-17H,12-13H2,1-4H3,(H,30,35)(H,31,32);2-8,11-14H,9-10H2,1H3,(H,25,30)(H2,26,27,28). The number of aromatic nitrogens is 10. The van der Waals surface area contributed by atoms with Crippen LogP contribution < -0.4 is 31.1 Å². The Kier molecular flexibility index (Phi) is 24.8. The normalized spacial score (nSPS) is 11.8. The number of amides is 5. The Bertz CT molecular complexity index is 4810. The molecule has 0 saturated carbocycles. The third kappa shape index (κ3) is 20.4. The van der Waals surface area contributed by atoms with Gasteiger partial charge in [0.2, 0.25) is 17.7 Å². The van der Waals surface area contributed by atoms with Crippen LogP contribution in [0.2, 0.25) is 0 Å². The van der Waals surface area contributed by atoms with Crippen LogP contribution in [0.3, 0.4) is 0 Å². The van der Waals surface area contributed by atoms with E-state index in [0.29, 0.717) is 59.1 Å². The van der Waals surface area contributed by atoms with Gasteiger partial charge in [0.1, 0.15) is 17.0 Å². The number of aromatic amines is 2. The molecule has 5 aromatic heterocycles. The van der Waals surface area contributed by atoms with E-state index in [-0.39, 0.29) is 42.3 Å². The van der Waals surface area contributed by atoms with Gasteiger partial charge in [-0.2, -0.15) is 25.5 Å². The van der Waals surface area contributed by atoms with Crippen LogP contribution in [0.1, 0.15) is 83.1 Å². The minimum absolute atomic E-state index is 0.0966. The van der Waals surface area contributed by atoms with Gasteiger partial charge in [-0.15, -0.1) is 34.8 Å². The summed E-state index contributed by atoms with van der Waals surface area (Å²) in [5.41, 5.74) is 13.7. The average molecular weight is 1460 g/mol. The van der Waals surface area contributed by atoms with Gasteiger partial charge in [-0.3, -0.25) is 29.6 Å². The second-order valence-electron chi connectivity index (χ2n) is 25.9. The summed E-state index contributed by atoms with van der Waals surface area (Å²) in [6.07, 6.45) is 12.4. The number of alkyl halides is 3. The fourth-order valence-corrected chi connectivity index (χ4v) is 11.2. The Morgan fingerprint density at radius 3 is 1.31 bits per heavy atom. The lowest BCUT2D eigenvalue weighted by molar-refractivity contribution is -0.116. The van der Waals surface area contributed by atoms with Crippen LogP contribution in [-0.2, 0) is 23.9 Å². The molecular weight excluding hydrogens is 1380 g/mol. The van der Waals surface area contributed by atoms with E-state index in [1.54, 1.807) is 64.4 Å². The Morgan fingerprint density at radius 1 is 0.490 bits per heavy atom. The maximum absolute atomic E-state index is 13.4. The number of carbonyl (C=O) groups excluding carboxylic acids is 5. The number of aryl methyl sites for hydroxylation is 3. The first-order valence-corrected chi connectivity index (χ1v) is 34.9. The van der Waals surface area contributed by atoms with Crippen molar-refractivity contribution in [2.45, 2.75) is 92.8 Å². The van der Waals surface area contributed by atoms with Crippen molar-refractivity contribution in [3.63, 3.8) is 0 Å². The number of halogens is 3. The fourth-order valence-electron chi connectivity index (χ4n) is 10.7. The molecule has 0 aliphatic carbocycles. The molecule has 0 spiro atoms. The molecule has 1 aliphatic rings. The Balaban J connectivity index is 0.000000168. The predicted molar refractivity (Wildman–Crippen MR) is 412 cm³/mol. The summed E-state index contributed by atoms with van der Waals surface area (Å²) < 4.78 is 16.8. The lowest BCUT2D eigenvalue weighted by atomic mass is 10.1. The van der Waals surface area contributed by atoms with Crippen LogP contribution in [0.25, 0.3) is 45.2 Å². The summed E-state index contributed by atoms with van der Waals surface area (Å²) in [5.74, 6) is 1.92. The number of nitrogens with zero attached hydrogens (tertiary/aromatic N) is 11. The number of rotatable bonds is 20. The van der Waals surface area contributed by atoms with Crippen molar-refractivity contribution in [3.8, 4) is 39.6 Å². The van der Waals surface area contributed by atoms with E-state index in [1.807, 2.05) is 213 Å². The van der Waals surface area contributed by atoms with E-state index < -0.39 is 23.4 Å². The average Bonchev–Trinajstić information content (AvgIpc) is 1.08. The first-order chi connectivity index (χ1) is 49.9. The van der Waals surface area contributed by atoms with Crippen molar-refractivity contribution in [1.82, 2.24) is 49.7 Å². The van der Waals surface area contributed by atoms with Crippen LogP contribution in [0.15, 0.2) is 206 Å². The Labute approximate surface area is 617 Å². The van der Waals surface area contributed by atoms with Gasteiger partial charge < -0.3 is 30.7 Å². The molecule has 6 N–H and O–H groups in total. The first kappa shape index (κ1) is 75.1. The lowest BCUT2D eigenvalue weighted by Gasteiger charge is -2.28. The molecular formula is C77H80Cl3N17O7. The van der Waals surface area contributed by atoms with Crippen molar-refractivity contribution < 1.29 is 33.4 Å². The molecule has 11 aromatic rings. The number of benzene rings is 6. The van der Waals surface area contributed by atoms with Crippen LogP contribution >= 0.6 is 34.8 Å². The van der Waals surface area contributed by atoms with Crippen molar-refractivity contribution in [2.24, 2.45) is 4.99 Å². The maximum Gasteiger partial charge on any atom is 0.420 e. The fraction of sp³-hybridized carbons (Fsp3) is 0.234. The van der Waals surface area contributed by atoms with E-state index in [4.69, 9.17) is 44.3 Å². The van der Waals surface area contributed by atoms with Gasteiger partial charge in [0.05, 0.1) is 46.4 Å². The van der Waals surface area contributed by atoms with Crippen molar-refractivity contribution >= 4 is 122 Å². The number of aliphatic imine (C=N–C) groups is 1. The zero-order valence-corrected chi connectivity index (χ0v) is 61.2. The molecule has 6 aromatic carbocycles. The second-order valence-corrected chi connectivity index (χ2v) is 27.0. The van der Waals surface area contributed by atoms with Gasteiger partial charge in [-0.1, -0.05) is 36.4 Å². The SMILES string of the molecule is Cc1cc(NC(=O)CCCl)ccc1N(C(=O)OC(C)(C)C)C1=NCC(c2ccc(-n3cccn3)cc2)=C1.Cc1cc(NC(=O)CCCl)ccc1N(C(=O)OC(C)(C)C)c1cc(-c2ccc(-n3cccn3)cc2)[nH]n1.Cc1cc(NC(=O)CCCl)ccc1Nc1cc(-c2ccc(-n3cccn3)cc2)[nH]n1. The predicted octanol–water partition coefficient (Wildman–Crippen LogP) is 17.1. The summed E-state index contributed by atoms with van der Waals surface area (Å²) in [6.45, 7) is 17.0. The summed E-state index contributed by atoms with van der Waals surface area (Å²) in [7, 11) is 0. The number of nitrogens with one attached hydrogen (secondary N) is 6. The zero-order valence-electron chi connectivity index (χ0n) is 58.9. The van der Waals surface area contributed by atoms with Gasteiger partial charge in [-0.05, 0) is 217 Å². The van der Waals surface area contributed by atoms with Gasteiger partial charge in [-0.25, -0.2) is 33.4 Å². The minimum atomic E-state index is -0.708. The molecule has 24 nitrogen and oxygen atoms in total. The monoisotopic (exact) mass is 1460 g/mol. The molecule has 0 unspecified atom stereocenters. The van der Waals surface area contributed by atoms with E-state index >= 15 is 0 Å². The molecule has 536 valence electrons. The third-order valence-electron chi connectivity index (χ3n) is 15.5. The number of hydrogen-bond donors (Lipinski definition) is 6. The number of hydrogen-bond acceptors (Lipinski definition) is 14. The minimum Gasteiger partial charge on any atom is -0.443 e. The summed E-state index contributed by atoms with van der Waals surface area (Å²) in [4.78, 5) is 69.9. The summed E-state index contributed by atoms with van der Waals surface area (Å²) in [5, 5.41) is 39.4. The summed E-state index contributed by atoms with van der Waals surface area (Å²) in [6, 6.07) is 49.6. The second kappa shape index (κ2) is 34.4. The van der Waals surface area contributed by atoms with Gasteiger partial charge in [0.25, 0.3) is 0 Å². The molecule has 0 saturated heterocycles. The van der Waals surface area contributed by atoms with E-state index in [9.17, 15) is 24.0 Å². The third-order valence-corrected chi connectivity index (χ3v) is 16.1.